The summed E-state index contributed by atoms with van der Waals surface area (Å²) < 4.78 is 15.7. The molecule has 0 N–H and O–H groups in total. The highest BCUT2D eigenvalue weighted by Crippen LogP contribution is 2.21. The lowest BCUT2D eigenvalue weighted by atomic mass is 10.1. The summed E-state index contributed by atoms with van der Waals surface area (Å²) in [5.41, 5.74) is 1.35. The summed E-state index contributed by atoms with van der Waals surface area (Å²) in [5, 5.41) is 0.664. The minimum atomic E-state index is -0.724. The Kier molecular flexibility index (Phi) is 4.33. The maximum atomic E-state index is 12.2. The van der Waals surface area contributed by atoms with Crippen molar-refractivity contribution in [3.05, 3.63) is 75.6 Å². The normalized spacial score (nSPS) is 10.6. The number of rotatable bonds is 4. The van der Waals surface area contributed by atoms with Gasteiger partial charge in [-0.2, -0.15) is 0 Å². The molecule has 3 aromatic rings. The SMILES string of the molecule is COc1ccc(C)cc1COC(=O)c1cc2ccccc2oc1=O. The minimum Gasteiger partial charge on any atom is -0.496 e. The molecule has 0 bridgehead atoms. The Hall–Kier alpha value is -3.08. The second-order valence-corrected chi connectivity index (χ2v) is 5.38. The van der Waals surface area contributed by atoms with Crippen LogP contribution in [0.5, 0.6) is 5.75 Å². The summed E-state index contributed by atoms with van der Waals surface area (Å²) in [6.45, 7) is 1.94. The second kappa shape index (κ2) is 6.58. The number of methoxy groups -OCH3 is 1. The number of hydrogen-bond donors (Lipinski definition) is 0. The Morgan fingerprint density at radius 3 is 2.71 bits per heavy atom. The number of fused-ring (bicyclic) bond motifs is 1. The van der Waals surface area contributed by atoms with Crippen molar-refractivity contribution < 1.29 is 18.7 Å². The summed E-state index contributed by atoms with van der Waals surface area (Å²) >= 11 is 0. The van der Waals surface area contributed by atoms with E-state index in [1.165, 1.54) is 6.07 Å². The molecule has 0 unspecified atom stereocenters. The first-order valence-electron chi connectivity index (χ1n) is 7.42. The number of hydrogen-bond acceptors (Lipinski definition) is 5. The monoisotopic (exact) mass is 324 g/mol. The van der Waals surface area contributed by atoms with Gasteiger partial charge in [-0.1, -0.05) is 29.8 Å². The molecule has 24 heavy (non-hydrogen) atoms. The molecular weight excluding hydrogens is 308 g/mol. The highest BCUT2D eigenvalue weighted by atomic mass is 16.5. The standard InChI is InChI=1S/C19H16O5/c1-12-7-8-16(22-2)14(9-12)11-23-18(20)15-10-13-5-3-4-6-17(13)24-19(15)21/h3-10H,11H2,1-2H3. The quantitative estimate of drug-likeness (QED) is 0.543. The molecule has 0 radical (unpaired) electrons. The van der Waals surface area contributed by atoms with Crippen molar-refractivity contribution in [2.45, 2.75) is 13.5 Å². The fourth-order valence-corrected chi connectivity index (χ4v) is 2.45. The van der Waals surface area contributed by atoms with Crippen LogP contribution in [0, 0.1) is 6.92 Å². The van der Waals surface area contributed by atoms with Crippen LogP contribution in [0.15, 0.2) is 57.7 Å². The number of esters is 1. The molecule has 0 fully saturated rings. The predicted molar refractivity (Wildman–Crippen MR) is 89.3 cm³/mol. The molecule has 0 aliphatic rings. The Bertz CT molecular complexity index is 955. The van der Waals surface area contributed by atoms with Crippen LogP contribution in [-0.4, -0.2) is 13.1 Å². The highest BCUT2D eigenvalue weighted by molar-refractivity contribution is 5.92. The number of ether oxygens (including phenoxy) is 2. The summed E-state index contributed by atoms with van der Waals surface area (Å²) in [6.07, 6.45) is 0. The number of benzene rings is 2. The van der Waals surface area contributed by atoms with Gasteiger partial charge in [0, 0.05) is 10.9 Å². The van der Waals surface area contributed by atoms with Gasteiger partial charge >= 0.3 is 11.6 Å². The second-order valence-electron chi connectivity index (χ2n) is 5.38. The maximum absolute atomic E-state index is 12.2. The average Bonchev–Trinajstić information content (AvgIpc) is 2.59. The molecule has 0 spiro atoms. The lowest BCUT2D eigenvalue weighted by Gasteiger charge is -2.10. The summed E-state index contributed by atoms with van der Waals surface area (Å²) in [4.78, 5) is 24.2. The van der Waals surface area contributed by atoms with Crippen LogP contribution < -0.4 is 10.4 Å². The fourth-order valence-electron chi connectivity index (χ4n) is 2.45. The molecule has 0 atom stereocenters. The van der Waals surface area contributed by atoms with E-state index >= 15 is 0 Å². The van der Waals surface area contributed by atoms with Gasteiger partial charge in [0.1, 0.15) is 23.5 Å². The number of aryl methyl sites for hydroxylation is 1. The van der Waals surface area contributed by atoms with Gasteiger partial charge in [-0.05, 0) is 31.2 Å². The molecule has 2 aromatic carbocycles. The first-order chi connectivity index (χ1) is 11.6. The zero-order valence-electron chi connectivity index (χ0n) is 13.4. The molecule has 0 aliphatic carbocycles. The molecule has 1 heterocycles. The lowest BCUT2D eigenvalue weighted by molar-refractivity contribution is 0.0465. The molecule has 0 saturated carbocycles. The van der Waals surface area contributed by atoms with Crippen LogP contribution in [0.1, 0.15) is 21.5 Å². The van der Waals surface area contributed by atoms with E-state index in [0.29, 0.717) is 16.7 Å². The van der Waals surface area contributed by atoms with Crippen molar-refractivity contribution in [1.82, 2.24) is 0 Å². The molecule has 5 heteroatoms. The Labute approximate surface area is 138 Å². The molecule has 0 saturated heterocycles. The van der Waals surface area contributed by atoms with Crippen LogP contribution in [0.3, 0.4) is 0 Å². The third-order valence-corrected chi connectivity index (χ3v) is 3.66. The lowest BCUT2D eigenvalue weighted by Crippen LogP contribution is -2.16. The van der Waals surface area contributed by atoms with Crippen LogP contribution in [0.2, 0.25) is 0 Å². The van der Waals surface area contributed by atoms with Gasteiger partial charge in [0.05, 0.1) is 7.11 Å². The number of carbonyl (C=O) groups is 1. The van der Waals surface area contributed by atoms with E-state index in [0.717, 1.165) is 11.1 Å². The zero-order chi connectivity index (χ0) is 17.1. The Morgan fingerprint density at radius 2 is 1.92 bits per heavy atom. The van der Waals surface area contributed by atoms with Gasteiger partial charge in [-0.3, -0.25) is 0 Å². The van der Waals surface area contributed by atoms with Gasteiger partial charge in [0.25, 0.3) is 0 Å². The Morgan fingerprint density at radius 1 is 1.12 bits per heavy atom. The van der Waals surface area contributed by atoms with Gasteiger partial charge < -0.3 is 13.9 Å². The van der Waals surface area contributed by atoms with Gasteiger partial charge in [-0.25, -0.2) is 9.59 Å². The molecule has 5 nitrogen and oxygen atoms in total. The fraction of sp³-hybridized carbons (Fsp3) is 0.158. The minimum absolute atomic E-state index is 0.00987. The molecule has 1 aromatic heterocycles. The van der Waals surface area contributed by atoms with Crippen LogP contribution in [-0.2, 0) is 11.3 Å². The van der Waals surface area contributed by atoms with E-state index in [-0.39, 0.29) is 12.2 Å². The summed E-state index contributed by atoms with van der Waals surface area (Å²) in [5.74, 6) is -0.1000. The largest absolute Gasteiger partial charge is 0.496 e. The van der Waals surface area contributed by atoms with Gasteiger partial charge in [0.2, 0.25) is 0 Å². The zero-order valence-corrected chi connectivity index (χ0v) is 13.4. The van der Waals surface area contributed by atoms with Crippen molar-refractivity contribution in [2.24, 2.45) is 0 Å². The van der Waals surface area contributed by atoms with Crippen molar-refractivity contribution in [1.29, 1.82) is 0 Å². The smallest absolute Gasteiger partial charge is 0.351 e. The van der Waals surface area contributed by atoms with Crippen LogP contribution in [0.4, 0.5) is 0 Å². The van der Waals surface area contributed by atoms with E-state index in [2.05, 4.69) is 0 Å². The Balaban J connectivity index is 1.84. The number of para-hydroxylation sites is 1. The number of carbonyl (C=O) groups excluding carboxylic acids is 1. The topological polar surface area (TPSA) is 65.7 Å². The van der Waals surface area contributed by atoms with E-state index < -0.39 is 11.6 Å². The summed E-state index contributed by atoms with van der Waals surface area (Å²) in [6, 6.07) is 14.1. The van der Waals surface area contributed by atoms with Gasteiger partial charge in [-0.15, -0.1) is 0 Å². The maximum Gasteiger partial charge on any atom is 0.351 e. The average molecular weight is 324 g/mol. The van der Waals surface area contributed by atoms with Crippen molar-refractivity contribution in [3.63, 3.8) is 0 Å². The highest BCUT2D eigenvalue weighted by Gasteiger charge is 2.16. The van der Waals surface area contributed by atoms with Crippen molar-refractivity contribution >= 4 is 16.9 Å². The van der Waals surface area contributed by atoms with E-state index in [4.69, 9.17) is 13.9 Å². The summed E-state index contributed by atoms with van der Waals surface area (Å²) in [7, 11) is 1.55. The van der Waals surface area contributed by atoms with Crippen LogP contribution >= 0.6 is 0 Å². The van der Waals surface area contributed by atoms with E-state index in [1.807, 2.05) is 25.1 Å². The van der Waals surface area contributed by atoms with Crippen LogP contribution in [0.25, 0.3) is 11.0 Å². The first kappa shape index (κ1) is 15.8. The third kappa shape index (κ3) is 3.15. The third-order valence-electron chi connectivity index (χ3n) is 3.66. The predicted octanol–water partition coefficient (Wildman–Crippen LogP) is 3.47. The van der Waals surface area contributed by atoms with Crippen molar-refractivity contribution in [3.8, 4) is 5.75 Å². The van der Waals surface area contributed by atoms with E-state index in [1.54, 1.807) is 31.4 Å². The molecule has 0 amide bonds. The van der Waals surface area contributed by atoms with Crippen molar-refractivity contribution in [2.75, 3.05) is 7.11 Å². The van der Waals surface area contributed by atoms with Gasteiger partial charge in [0.15, 0.2) is 0 Å². The molecule has 0 aliphatic heterocycles. The molecular formula is C19H16O5. The molecule has 3 rings (SSSR count). The molecule has 122 valence electrons. The first-order valence-corrected chi connectivity index (χ1v) is 7.42. The van der Waals surface area contributed by atoms with E-state index in [9.17, 15) is 9.59 Å².